The van der Waals surface area contributed by atoms with Crippen molar-refractivity contribution in [2.45, 2.75) is 18.1 Å². The maximum atomic E-state index is 5.24. The van der Waals surface area contributed by atoms with E-state index < -0.39 is 0 Å². The summed E-state index contributed by atoms with van der Waals surface area (Å²) >= 11 is 0. The van der Waals surface area contributed by atoms with E-state index in [1.807, 2.05) is 0 Å². The molecule has 2 heterocycles. The van der Waals surface area contributed by atoms with Gasteiger partial charge in [-0.25, -0.2) is 4.98 Å². The minimum Gasteiger partial charge on any atom is -0.441 e. The van der Waals surface area contributed by atoms with Crippen LogP contribution in [0.25, 0.3) is 0 Å². The molecule has 2 rings (SSSR count). The fraction of sp³-hybridized carbons (Fsp3) is 0.571. The summed E-state index contributed by atoms with van der Waals surface area (Å²) in [5.74, 6) is 2.66. The van der Waals surface area contributed by atoms with E-state index in [9.17, 15) is 0 Å². The maximum Gasteiger partial charge on any atom is 0.234 e. The van der Waals surface area contributed by atoms with Crippen LogP contribution in [-0.4, -0.2) is 16.5 Å². The van der Waals surface area contributed by atoms with Gasteiger partial charge < -0.3 is 4.42 Å². The van der Waals surface area contributed by atoms with E-state index in [-0.39, 0.29) is 10.9 Å². The minimum atomic E-state index is 0.0190. The predicted molar refractivity (Wildman–Crippen MR) is 42.7 cm³/mol. The van der Waals surface area contributed by atoms with Crippen LogP contribution < -0.4 is 0 Å². The van der Waals surface area contributed by atoms with E-state index >= 15 is 0 Å². The van der Waals surface area contributed by atoms with Crippen LogP contribution in [0.2, 0.25) is 0 Å². The molecular formula is C7H11NOS. The molecule has 1 aliphatic heterocycles. The molecule has 1 aliphatic rings. The topological polar surface area (TPSA) is 26.0 Å². The van der Waals surface area contributed by atoms with Crippen molar-refractivity contribution < 1.29 is 4.42 Å². The molecule has 1 saturated heterocycles. The van der Waals surface area contributed by atoms with Gasteiger partial charge in [0.05, 0.1) is 6.20 Å². The molecule has 0 saturated carbocycles. The van der Waals surface area contributed by atoms with Crippen LogP contribution in [0.1, 0.15) is 12.8 Å². The molecular weight excluding hydrogens is 146 g/mol. The number of oxazole rings is 1. The number of hydrogen-bond donors (Lipinski definition) is 1. The van der Waals surface area contributed by atoms with Crippen molar-refractivity contribution in [1.82, 2.24) is 4.98 Å². The summed E-state index contributed by atoms with van der Waals surface area (Å²) in [6.07, 6.45) is 6.16. The first-order valence-electron chi connectivity index (χ1n) is 3.61. The average Bonchev–Trinajstić information content (AvgIpc) is 2.59. The Morgan fingerprint density at radius 3 is 2.80 bits per heavy atom. The SMILES string of the molecule is c1coc([SH]2CCCC2)n1. The van der Waals surface area contributed by atoms with Gasteiger partial charge in [-0.2, -0.15) is 10.9 Å². The molecule has 0 radical (unpaired) electrons. The molecule has 0 N–H and O–H groups in total. The molecule has 0 bridgehead atoms. The Morgan fingerprint density at radius 2 is 2.20 bits per heavy atom. The maximum absolute atomic E-state index is 5.24. The first kappa shape index (κ1) is 6.28. The number of aromatic nitrogens is 1. The number of rotatable bonds is 1. The Hall–Kier alpha value is -0.440. The van der Waals surface area contributed by atoms with Crippen molar-refractivity contribution in [1.29, 1.82) is 0 Å². The van der Waals surface area contributed by atoms with Gasteiger partial charge in [0, 0.05) is 0 Å². The van der Waals surface area contributed by atoms with Gasteiger partial charge in [-0.3, -0.25) is 0 Å². The molecule has 10 heavy (non-hydrogen) atoms. The van der Waals surface area contributed by atoms with Gasteiger partial charge >= 0.3 is 0 Å². The molecule has 0 aliphatic carbocycles. The standard InChI is InChI=1S/C7H11NOS/c1-2-6-10(5-1)7-8-3-4-9-7/h3-4,10H,1-2,5-6H2. The Morgan fingerprint density at radius 1 is 1.40 bits per heavy atom. The monoisotopic (exact) mass is 157 g/mol. The van der Waals surface area contributed by atoms with Crippen LogP contribution in [0, 0.1) is 0 Å². The van der Waals surface area contributed by atoms with Crippen molar-refractivity contribution in [2.24, 2.45) is 0 Å². The molecule has 0 atom stereocenters. The van der Waals surface area contributed by atoms with Gasteiger partial charge in [0.1, 0.15) is 6.26 Å². The minimum absolute atomic E-state index is 0.0190. The second-order valence-electron chi connectivity index (χ2n) is 2.51. The predicted octanol–water partition coefficient (Wildman–Crippen LogP) is 1.83. The third kappa shape index (κ3) is 1.06. The van der Waals surface area contributed by atoms with Crippen molar-refractivity contribution in [3.63, 3.8) is 0 Å². The Bertz CT molecular complexity index is 191. The zero-order valence-electron chi connectivity index (χ0n) is 5.79. The lowest BCUT2D eigenvalue weighted by atomic mass is 10.4. The molecule has 1 aromatic rings. The van der Waals surface area contributed by atoms with Crippen LogP contribution >= 0.6 is 10.9 Å². The van der Waals surface area contributed by atoms with E-state index in [1.54, 1.807) is 12.5 Å². The summed E-state index contributed by atoms with van der Waals surface area (Å²) in [6.45, 7) is 0. The summed E-state index contributed by atoms with van der Waals surface area (Å²) in [5, 5.41) is 1.01. The summed E-state index contributed by atoms with van der Waals surface area (Å²) in [6, 6.07) is 0. The lowest BCUT2D eigenvalue weighted by Crippen LogP contribution is -1.82. The second kappa shape index (κ2) is 2.66. The summed E-state index contributed by atoms with van der Waals surface area (Å²) in [7, 11) is 0.0190. The largest absolute Gasteiger partial charge is 0.441 e. The lowest BCUT2D eigenvalue weighted by Gasteiger charge is -2.06. The average molecular weight is 157 g/mol. The van der Waals surface area contributed by atoms with E-state index in [0.717, 1.165) is 5.22 Å². The Balaban J connectivity index is 2.12. The highest BCUT2D eigenvalue weighted by Gasteiger charge is 2.15. The molecule has 1 fully saturated rings. The summed E-state index contributed by atoms with van der Waals surface area (Å²) in [5.41, 5.74) is 0. The third-order valence-corrected chi connectivity index (χ3v) is 4.27. The Kier molecular flexibility index (Phi) is 1.67. The number of nitrogens with zero attached hydrogens (tertiary/aromatic N) is 1. The smallest absolute Gasteiger partial charge is 0.234 e. The fourth-order valence-electron chi connectivity index (χ4n) is 1.28. The molecule has 0 amide bonds. The van der Waals surface area contributed by atoms with Crippen molar-refractivity contribution in [3.05, 3.63) is 12.5 Å². The fourth-order valence-corrected chi connectivity index (χ4v) is 3.54. The van der Waals surface area contributed by atoms with Crippen LogP contribution in [0.15, 0.2) is 22.1 Å². The summed E-state index contributed by atoms with van der Waals surface area (Å²) < 4.78 is 5.24. The van der Waals surface area contributed by atoms with Crippen LogP contribution in [-0.2, 0) is 0 Å². The molecule has 3 heteroatoms. The van der Waals surface area contributed by atoms with Gasteiger partial charge in [-0.05, 0) is 24.3 Å². The number of hydrogen-bond acceptors (Lipinski definition) is 2. The van der Waals surface area contributed by atoms with Gasteiger partial charge in [0.2, 0.25) is 5.22 Å². The first-order chi connectivity index (χ1) is 4.97. The van der Waals surface area contributed by atoms with E-state index in [1.165, 1.54) is 24.3 Å². The van der Waals surface area contributed by atoms with Crippen LogP contribution in [0.4, 0.5) is 0 Å². The van der Waals surface area contributed by atoms with Gasteiger partial charge in [-0.1, -0.05) is 0 Å². The highest BCUT2D eigenvalue weighted by Crippen LogP contribution is 2.41. The van der Waals surface area contributed by atoms with Crippen LogP contribution in [0.3, 0.4) is 0 Å². The molecule has 0 unspecified atom stereocenters. The first-order valence-corrected chi connectivity index (χ1v) is 5.32. The van der Waals surface area contributed by atoms with Crippen molar-refractivity contribution >= 4 is 10.9 Å². The lowest BCUT2D eigenvalue weighted by molar-refractivity contribution is 0.452. The van der Waals surface area contributed by atoms with E-state index in [2.05, 4.69) is 4.98 Å². The highest BCUT2D eigenvalue weighted by atomic mass is 32.2. The highest BCUT2D eigenvalue weighted by molar-refractivity contribution is 8.17. The molecule has 2 nitrogen and oxygen atoms in total. The molecule has 0 aromatic carbocycles. The van der Waals surface area contributed by atoms with Crippen molar-refractivity contribution in [2.75, 3.05) is 11.5 Å². The van der Waals surface area contributed by atoms with Gasteiger partial charge in [0.15, 0.2) is 0 Å². The van der Waals surface area contributed by atoms with Crippen LogP contribution in [0.5, 0.6) is 0 Å². The van der Waals surface area contributed by atoms with E-state index in [0.29, 0.717) is 0 Å². The zero-order valence-corrected chi connectivity index (χ0v) is 6.68. The molecule has 0 spiro atoms. The zero-order chi connectivity index (χ0) is 6.81. The van der Waals surface area contributed by atoms with Gasteiger partial charge in [-0.15, -0.1) is 0 Å². The van der Waals surface area contributed by atoms with Crippen molar-refractivity contribution in [3.8, 4) is 0 Å². The molecule has 1 aromatic heterocycles. The normalized spacial score (nSPS) is 21.8. The second-order valence-corrected chi connectivity index (χ2v) is 4.87. The quantitative estimate of drug-likeness (QED) is 0.629. The molecule has 56 valence electrons. The third-order valence-electron chi connectivity index (χ3n) is 1.80. The summed E-state index contributed by atoms with van der Waals surface area (Å²) in [4.78, 5) is 4.16. The number of thiol groups is 1. The Labute approximate surface area is 63.0 Å². The van der Waals surface area contributed by atoms with Gasteiger partial charge in [0.25, 0.3) is 0 Å². The van der Waals surface area contributed by atoms with E-state index in [4.69, 9.17) is 4.42 Å².